The second-order valence-corrected chi connectivity index (χ2v) is 2.42. The molecule has 48 valence electrons. The van der Waals surface area contributed by atoms with E-state index in [0.29, 0.717) is 12.0 Å². The molecule has 0 aromatic carbocycles. The van der Waals surface area contributed by atoms with Crippen molar-refractivity contribution in [1.82, 2.24) is 9.55 Å². The number of imidazole rings is 1. The van der Waals surface area contributed by atoms with Crippen molar-refractivity contribution in [3.8, 4) is 0 Å². The Morgan fingerprint density at radius 3 is 2.89 bits per heavy atom. The first-order valence-corrected chi connectivity index (χ1v) is 3.16. The van der Waals surface area contributed by atoms with Gasteiger partial charge in [0.15, 0.2) is 5.95 Å². The summed E-state index contributed by atoms with van der Waals surface area (Å²) in [6, 6.07) is 0.660. The molecule has 3 heteroatoms. The third-order valence-corrected chi connectivity index (χ3v) is 1.64. The molecule has 9 heavy (non-hydrogen) atoms. The topological polar surface area (TPSA) is 43.8 Å². The summed E-state index contributed by atoms with van der Waals surface area (Å²) >= 11 is 0. The van der Waals surface area contributed by atoms with Crippen molar-refractivity contribution in [2.24, 2.45) is 0 Å². The molecule has 0 saturated heterocycles. The zero-order valence-corrected chi connectivity index (χ0v) is 5.12. The van der Waals surface area contributed by atoms with Crippen LogP contribution in [0.15, 0.2) is 12.4 Å². The normalized spacial score (nSPS) is 18.2. The molecular formula is C6H9N3. The van der Waals surface area contributed by atoms with Crippen LogP contribution in [0.2, 0.25) is 0 Å². The molecule has 1 aliphatic rings. The molecule has 0 atom stereocenters. The minimum atomic E-state index is 0.650. The molecule has 1 fully saturated rings. The molecule has 0 amide bonds. The molecule has 0 spiro atoms. The molecule has 2 rings (SSSR count). The van der Waals surface area contributed by atoms with Gasteiger partial charge in [-0.05, 0) is 12.8 Å². The van der Waals surface area contributed by atoms with Crippen molar-refractivity contribution in [1.29, 1.82) is 0 Å². The van der Waals surface area contributed by atoms with Gasteiger partial charge in [-0.2, -0.15) is 0 Å². The first kappa shape index (κ1) is 4.85. The Kier molecular flexibility index (Phi) is 0.806. The Morgan fingerprint density at radius 1 is 1.67 bits per heavy atom. The molecule has 2 N–H and O–H groups in total. The van der Waals surface area contributed by atoms with E-state index in [1.807, 2.05) is 10.8 Å². The highest BCUT2D eigenvalue weighted by molar-refractivity contribution is 5.19. The molecule has 1 aromatic rings. The summed E-state index contributed by atoms with van der Waals surface area (Å²) in [5.74, 6) is 0.650. The third kappa shape index (κ3) is 0.686. The molecule has 1 heterocycles. The van der Waals surface area contributed by atoms with E-state index in [2.05, 4.69) is 4.98 Å². The molecular weight excluding hydrogens is 114 g/mol. The fourth-order valence-electron chi connectivity index (χ4n) is 0.986. The van der Waals surface area contributed by atoms with Gasteiger partial charge in [0.1, 0.15) is 0 Å². The van der Waals surface area contributed by atoms with Gasteiger partial charge in [0.05, 0.1) is 0 Å². The van der Waals surface area contributed by atoms with Gasteiger partial charge in [0.25, 0.3) is 0 Å². The highest BCUT2D eigenvalue weighted by Crippen LogP contribution is 2.35. The molecule has 0 bridgehead atoms. The fourth-order valence-corrected chi connectivity index (χ4v) is 0.986. The molecule has 1 aromatic heterocycles. The van der Waals surface area contributed by atoms with Crippen molar-refractivity contribution in [2.45, 2.75) is 18.9 Å². The predicted molar refractivity (Wildman–Crippen MR) is 34.9 cm³/mol. The Morgan fingerprint density at radius 2 is 2.44 bits per heavy atom. The molecule has 0 unspecified atom stereocenters. The first-order chi connectivity index (χ1) is 4.38. The molecule has 0 radical (unpaired) electrons. The van der Waals surface area contributed by atoms with Gasteiger partial charge < -0.3 is 10.3 Å². The fraction of sp³-hybridized carbons (Fsp3) is 0.500. The van der Waals surface area contributed by atoms with E-state index in [1.165, 1.54) is 12.8 Å². The van der Waals surface area contributed by atoms with Gasteiger partial charge in [-0.25, -0.2) is 4.98 Å². The lowest BCUT2D eigenvalue weighted by Gasteiger charge is -1.97. The van der Waals surface area contributed by atoms with Gasteiger partial charge in [-0.3, -0.25) is 0 Å². The number of nitrogens with two attached hydrogens (primary N) is 1. The van der Waals surface area contributed by atoms with Crippen LogP contribution in [0.1, 0.15) is 18.9 Å². The summed E-state index contributed by atoms with van der Waals surface area (Å²) in [5, 5.41) is 0. The highest BCUT2D eigenvalue weighted by atomic mass is 15.2. The minimum Gasteiger partial charge on any atom is -0.369 e. The van der Waals surface area contributed by atoms with Crippen LogP contribution in [0.25, 0.3) is 0 Å². The van der Waals surface area contributed by atoms with Crippen LogP contribution in [0.3, 0.4) is 0 Å². The average molecular weight is 123 g/mol. The maximum Gasteiger partial charge on any atom is 0.200 e. The predicted octanol–water partition coefficient (Wildman–Crippen LogP) is 0.800. The number of hydrogen-bond donors (Lipinski definition) is 1. The maximum absolute atomic E-state index is 5.53. The Labute approximate surface area is 53.5 Å². The van der Waals surface area contributed by atoms with E-state index in [4.69, 9.17) is 5.73 Å². The zero-order valence-electron chi connectivity index (χ0n) is 5.12. The van der Waals surface area contributed by atoms with E-state index in [-0.39, 0.29) is 0 Å². The number of nitrogen functional groups attached to an aromatic ring is 1. The third-order valence-electron chi connectivity index (χ3n) is 1.64. The number of nitrogens with zero attached hydrogens (tertiary/aromatic N) is 2. The average Bonchev–Trinajstić information content (AvgIpc) is 2.58. The summed E-state index contributed by atoms with van der Waals surface area (Å²) < 4.78 is 2.03. The second kappa shape index (κ2) is 1.50. The number of rotatable bonds is 1. The standard InChI is InChI=1S/C6H9N3/c7-6-8-3-4-9(6)5-1-2-5/h3-5H,1-2H2,(H2,7,8). The van der Waals surface area contributed by atoms with E-state index in [9.17, 15) is 0 Å². The minimum absolute atomic E-state index is 0.650. The summed E-state index contributed by atoms with van der Waals surface area (Å²) in [5.41, 5.74) is 5.53. The Balaban J connectivity index is 2.35. The quantitative estimate of drug-likeness (QED) is 0.600. The molecule has 0 aliphatic heterocycles. The summed E-state index contributed by atoms with van der Waals surface area (Å²) in [4.78, 5) is 3.92. The molecule has 1 saturated carbocycles. The van der Waals surface area contributed by atoms with Crippen molar-refractivity contribution in [3.63, 3.8) is 0 Å². The lowest BCUT2D eigenvalue weighted by Crippen LogP contribution is -1.98. The van der Waals surface area contributed by atoms with Crippen LogP contribution in [0.5, 0.6) is 0 Å². The maximum atomic E-state index is 5.53. The summed E-state index contributed by atoms with van der Waals surface area (Å²) in [6.45, 7) is 0. The van der Waals surface area contributed by atoms with Crippen LogP contribution in [0, 0.1) is 0 Å². The van der Waals surface area contributed by atoms with Crippen LogP contribution in [0.4, 0.5) is 5.95 Å². The van der Waals surface area contributed by atoms with Gasteiger partial charge >= 0.3 is 0 Å². The van der Waals surface area contributed by atoms with Crippen molar-refractivity contribution in [3.05, 3.63) is 12.4 Å². The van der Waals surface area contributed by atoms with E-state index in [0.717, 1.165) is 0 Å². The van der Waals surface area contributed by atoms with Crippen LogP contribution in [-0.2, 0) is 0 Å². The van der Waals surface area contributed by atoms with Gasteiger partial charge in [0, 0.05) is 18.4 Å². The van der Waals surface area contributed by atoms with Gasteiger partial charge in [0.2, 0.25) is 0 Å². The lowest BCUT2D eigenvalue weighted by molar-refractivity contribution is 0.753. The van der Waals surface area contributed by atoms with Crippen molar-refractivity contribution in [2.75, 3.05) is 5.73 Å². The highest BCUT2D eigenvalue weighted by Gasteiger charge is 2.24. The van der Waals surface area contributed by atoms with E-state index in [1.54, 1.807) is 6.20 Å². The Bertz CT molecular complexity index is 212. The first-order valence-electron chi connectivity index (χ1n) is 3.16. The van der Waals surface area contributed by atoms with Crippen molar-refractivity contribution >= 4 is 5.95 Å². The second-order valence-electron chi connectivity index (χ2n) is 2.42. The monoisotopic (exact) mass is 123 g/mol. The Hall–Kier alpha value is -0.990. The largest absolute Gasteiger partial charge is 0.369 e. The van der Waals surface area contributed by atoms with Crippen LogP contribution >= 0.6 is 0 Å². The van der Waals surface area contributed by atoms with E-state index >= 15 is 0 Å². The van der Waals surface area contributed by atoms with Crippen molar-refractivity contribution < 1.29 is 0 Å². The SMILES string of the molecule is Nc1nccn1C1CC1. The zero-order chi connectivity index (χ0) is 6.27. The van der Waals surface area contributed by atoms with Gasteiger partial charge in [-0.1, -0.05) is 0 Å². The number of anilines is 1. The van der Waals surface area contributed by atoms with E-state index < -0.39 is 0 Å². The number of hydrogen-bond acceptors (Lipinski definition) is 2. The van der Waals surface area contributed by atoms with Crippen LogP contribution in [-0.4, -0.2) is 9.55 Å². The number of aromatic nitrogens is 2. The lowest BCUT2D eigenvalue weighted by atomic mass is 10.7. The summed E-state index contributed by atoms with van der Waals surface area (Å²) in [7, 11) is 0. The smallest absolute Gasteiger partial charge is 0.200 e. The van der Waals surface area contributed by atoms with Gasteiger partial charge in [-0.15, -0.1) is 0 Å². The molecule has 1 aliphatic carbocycles. The molecule has 3 nitrogen and oxygen atoms in total. The van der Waals surface area contributed by atoms with Crippen LogP contribution < -0.4 is 5.73 Å². The summed E-state index contributed by atoms with van der Waals surface area (Å²) in [6.07, 6.45) is 6.21.